The number of carbonyl (C=O) groups is 2. The first-order valence-electron chi connectivity index (χ1n) is 8.67. The number of allylic oxidation sites excluding steroid dienone is 1. The first-order chi connectivity index (χ1) is 13.0. The fraction of sp³-hybridized carbons (Fsp3) is 0.444. The zero-order valence-corrected chi connectivity index (χ0v) is 16.9. The summed E-state index contributed by atoms with van der Waals surface area (Å²) in [6, 6.07) is 0. The number of aromatic nitrogens is 2. The van der Waals surface area contributed by atoms with Crippen molar-refractivity contribution in [1.82, 2.24) is 14.9 Å². The van der Waals surface area contributed by atoms with Crippen molar-refractivity contribution in [3.05, 3.63) is 33.4 Å². The molecule has 1 N–H and O–H groups in total. The molecule has 1 aliphatic rings. The van der Waals surface area contributed by atoms with Gasteiger partial charge in [-0.05, 0) is 38.2 Å². The van der Waals surface area contributed by atoms with Crippen molar-refractivity contribution in [3.63, 3.8) is 0 Å². The van der Waals surface area contributed by atoms with E-state index >= 15 is 0 Å². The van der Waals surface area contributed by atoms with Crippen molar-refractivity contribution in [2.45, 2.75) is 49.6 Å². The van der Waals surface area contributed by atoms with Crippen LogP contribution in [0.1, 0.15) is 30.2 Å². The number of nitrogens with one attached hydrogen (secondary N) is 1. The highest BCUT2D eigenvalue weighted by molar-refractivity contribution is 8.00. The number of thiophene rings is 1. The number of hydrogen-bond donors (Lipinski definition) is 1. The molecule has 0 aromatic carbocycles. The number of nitrogens with zero attached hydrogens (tertiary/aromatic N) is 2. The van der Waals surface area contributed by atoms with Gasteiger partial charge in [0.2, 0.25) is 5.91 Å². The molecule has 0 unspecified atom stereocenters. The summed E-state index contributed by atoms with van der Waals surface area (Å²) < 4.78 is 5.99. The lowest BCUT2D eigenvalue weighted by atomic mass is 9.97. The van der Waals surface area contributed by atoms with E-state index in [2.05, 4.69) is 21.6 Å². The molecule has 144 valence electrons. The summed E-state index contributed by atoms with van der Waals surface area (Å²) in [4.78, 5) is 43.2. The number of carbonyl (C=O) groups excluding carboxylic acids is 2. The molecule has 0 saturated heterocycles. The van der Waals surface area contributed by atoms with Crippen LogP contribution >= 0.6 is 23.1 Å². The minimum absolute atomic E-state index is 0.0950. The molecule has 0 fully saturated rings. The lowest BCUT2D eigenvalue weighted by Gasteiger charge is -2.14. The van der Waals surface area contributed by atoms with Gasteiger partial charge in [0.25, 0.3) is 5.56 Å². The minimum Gasteiger partial charge on any atom is -0.453 e. The molecule has 1 aliphatic carbocycles. The molecular formula is C18H21N3O4S2. The van der Waals surface area contributed by atoms with Crippen LogP contribution in [-0.4, -0.2) is 33.9 Å². The van der Waals surface area contributed by atoms with Gasteiger partial charge in [-0.3, -0.25) is 19.5 Å². The van der Waals surface area contributed by atoms with Gasteiger partial charge in [-0.1, -0.05) is 17.8 Å². The molecule has 7 nitrogen and oxygen atoms in total. The Kier molecular flexibility index (Phi) is 6.01. The SMILES string of the molecule is C=CCn1c(S[C@@H](C)C(=O)NC(=O)OC)nc2sc3c(c2c1=O)CCCC3. The second-order valence-electron chi connectivity index (χ2n) is 6.23. The number of rotatable bonds is 5. The van der Waals surface area contributed by atoms with Gasteiger partial charge in [0, 0.05) is 11.4 Å². The van der Waals surface area contributed by atoms with Crippen molar-refractivity contribution >= 4 is 45.3 Å². The third kappa shape index (κ3) is 3.93. The predicted octanol–water partition coefficient (Wildman–Crippen LogP) is 2.89. The second-order valence-corrected chi connectivity index (χ2v) is 8.62. The van der Waals surface area contributed by atoms with Crippen LogP contribution in [0, 0.1) is 0 Å². The van der Waals surface area contributed by atoms with Gasteiger partial charge >= 0.3 is 6.09 Å². The number of thioether (sulfide) groups is 1. The summed E-state index contributed by atoms with van der Waals surface area (Å²) in [7, 11) is 1.19. The van der Waals surface area contributed by atoms with E-state index in [9.17, 15) is 14.4 Å². The van der Waals surface area contributed by atoms with Gasteiger partial charge in [-0.25, -0.2) is 9.78 Å². The smallest absolute Gasteiger partial charge is 0.413 e. The highest BCUT2D eigenvalue weighted by Gasteiger charge is 2.24. The number of alkyl carbamates (subject to hydrolysis) is 1. The van der Waals surface area contributed by atoms with Gasteiger partial charge in [0.15, 0.2) is 5.16 Å². The van der Waals surface area contributed by atoms with Crippen LogP contribution < -0.4 is 10.9 Å². The van der Waals surface area contributed by atoms with Gasteiger partial charge < -0.3 is 4.74 Å². The molecule has 3 rings (SSSR count). The van der Waals surface area contributed by atoms with Crippen LogP contribution in [0.3, 0.4) is 0 Å². The topological polar surface area (TPSA) is 90.3 Å². The summed E-state index contributed by atoms with van der Waals surface area (Å²) in [6.07, 6.45) is 4.93. The molecule has 0 bridgehead atoms. The average molecular weight is 408 g/mol. The van der Waals surface area contributed by atoms with E-state index in [0.717, 1.165) is 47.8 Å². The first kappa shape index (κ1) is 19.6. The Morgan fingerprint density at radius 2 is 2.19 bits per heavy atom. The van der Waals surface area contributed by atoms with E-state index in [1.807, 2.05) is 0 Å². The Labute approximate surface area is 164 Å². The molecule has 1 atom stereocenters. The van der Waals surface area contributed by atoms with E-state index in [4.69, 9.17) is 0 Å². The second kappa shape index (κ2) is 8.26. The Balaban J connectivity index is 2.00. The summed E-state index contributed by atoms with van der Waals surface area (Å²) in [6.45, 7) is 5.68. The number of methoxy groups -OCH3 is 1. The average Bonchev–Trinajstić information content (AvgIpc) is 3.02. The third-order valence-electron chi connectivity index (χ3n) is 4.41. The van der Waals surface area contributed by atoms with Gasteiger partial charge in [0.05, 0.1) is 17.7 Å². The molecule has 27 heavy (non-hydrogen) atoms. The predicted molar refractivity (Wildman–Crippen MR) is 107 cm³/mol. The summed E-state index contributed by atoms with van der Waals surface area (Å²) in [5, 5.41) is 2.66. The molecule has 0 aliphatic heterocycles. The minimum atomic E-state index is -0.815. The van der Waals surface area contributed by atoms with Gasteiger partial charge in [0.1, 0.15) is 4.83 Å². The molecule has 0 saturated carbocycles. The molecule has 9 heteroatoms. The maximum Gasteiger partial charge on any atom is 0.413 e. The number of ether oxygens (including phenoxy) is 1. The lowest BCUT2D eigenvalue weighted by molar-refractivity contribution is -0.119. The number of aryl methyl sites for hydroxylation is 2. The van der Waals surface area contributed by atoms with Crippen molar-refractivity contribution in [1.29, 1.82) is 0 Å². The van der Waals surface area contributed by atoms with E-state index in [1.54, 1.807) is 28.9 Å². The zero-order valence-electron chi connectivity index (χ0n) is 15.2. The zero-order chi connectivity index (χ0) is 19.6. The summed E-state index contributed by atoms with van der Waals surface area (Å²) >= 11 is 2.70. The lowest BCUT2D eigenvalue weighted by Crippen LogP contribution is -2.36. The monoisotopic (exact) mass is 407 g/mol. The molecule has 2 aromatic rings. The normalized spacial score (nSPS) is 14.4. The van der Waals surface area contributed by atoms with Crippen LogP contribution in [0.4, 0.5) is 4.79 Å². The fourth-order valence-corrected chi connectivity index (χ4v) is 5.29. The Bertz CT molecular complexity index is 964. The number of imide groups is 1. The highest BCUT2D eigenvalue weighted by atomic mass is 32.2. The first-order valence-corrected chi connectivity index (χ1v) is 10.4. The van der Waals surface area contributed by atoms with Gasteiger partial charge in [-0.15, -0.1) is 17.9 Å². The van der Waals surface area contributed by atoms with E-state index in [1.165, 1.54) is 12.0 Å². The van der Waals surface area contributed by atoms with E-state index in [0.29, 0.717) is 17.1 Å². The number of amides is 2. The summed E-state index contributed by atoms with van der Waals surface area (Å²) in [5.41, 5.74) is 1.03. The Morgan fingerprint density at radius 3 is 2.89 bits per heavy atom. The van der Waals surface area contributed by atoms with Crippen LogP contribution in [0.5, 0.6) is 0 Å². The standard InChI is InChI=1S/C18H21N3O4S2/c1-4-9-21-16(23)13-11-7-5-6-8-12(11)27-15(13)20-17(21)26-10(2)14(22)19-18(24)25-3/h4,10H,1,5-9H2,2-3H3,(H,19,22,24)/t10-/m0/s1. The van der Waals surface area contributed by atoms with Crippen molar-refractivity contribution in [3.8, 4) is 0 Å². The molecular weight excluding hydrogens is 386 g/mol. The van der Waals surface area contributed by atoms with Crippen molar-refractivity contribution in [2.24, 2.45) is 0 Å². The number of fused-ring (bicyclic) bond motifs is 3. The summed E-state index contributed by atoms with van der Waals surface area (Å²) in [5.74, 6) is -0.503. The van der Waals surface area contributed by atoms with Gasteiger partial charge in [-0.2, -0.15) is 0 Å². The van der Waals surface area contributed by atoms with Crippen molar-refractivity contribution in [2.75, 3.05) is 7.11 Å². The van der Waals surface area contributed by atoms with Crippen LogP contribution in [0.15, 0.2) is 22.6 Å². The van der Waals surface area contributed by atoms with Crippen LogP contribution in [-0.2, 0) is 28.9 Å². The highest BCUT2D eigenvalue weighted by Crippen LogP contribution is 2.35. The third-order valence-corrected chi connectivity index (χ3v) is 6.69. The van der Waals surface area contributed by atoms with Crippen LogP contribution in [0.2, 0.25) is 0 Å². The molecule has 2 aromatic heterocycles. The molecule has 0 radical (unpaired) electrons. The van der Waals surface area contributed by atoms with E-state index < -0.39 is 17.3 Å². The van der Waals surface area contributed by atoms with E-state index in [-0.39, 0.29) is 5.56 Å². The number of hydrogen-bond acceptors (Lipinski definition) is 7. The largest absolute Gasteiger partial charge is 0.453 e. The fourth-order valence-electron chi connectivity index (χ4n) is 3.06. The maximum absolute atomic E-state index is 13.1. The molecule has 2 heterocycles. The quantitative estimate of drug-likeness (QED) is 0.466. The van der Waals surface area contributed by atoms with Crippen molar-refractivity contribution < 1.29 is 14.3 Å². The molecule has 0 spiro atoms. The maximum atomic E-state index is 13.1. The molecule has 2 amide bonds. The Hall–Kier alpha value is -2.13. The Morgan fingerprint density at radius 1 is 1.44 bits per heavy atom. The van der Waals surface area contributed by atoms with Crippen LogP contribution in [0.25, 0.3) is 10.2 Å².